The molecule has 0 bridgehead atoms. The molecule has 1 aromatic carbocycles. The van der Waals surface area contributed by atoms with Crippen molar-refractivity contribution in [1.82, 2.24) is 25.2 Å². The highest BCUT2D eigenvalue weighted by Crippen LogP contribution is 2.26. The van der Waals surface area contributed by atoms with Crippen LogP contribution in [0.4, 0.5) is 0 Å². The van der Waals surface area contributed by atoms with Gasteiger partial charge >= 0.3 is 0 Å². The lowest BCUT2D eigenvalue weighted by Crippen LogP contribution is -2.26. The fourth-order valence-corrected chi connectivity index (χ4v) is 3.44. The number of thiazole rings is 1. The van der Waals surface area contributed by atoms with Crippen LogP contribution < -0.4 is 5.32 Å². The molecule has 126 valence electrons. The van der Waals surface area contributed by atoms with E-state index in [0.29, 0.717) is 5.76 Å². The van der Waals surface area contributed by atoms with E-state index in [1.54, 1.807) is 34.5 Å². The van der Waals surface area contributed by atoms with E-state index in [2.05, 4.69) is 20.6 Å². The molecule has 1 atom stereocenters. The van der Waals surface area contributed by atoms with Crippen LogP contribution in [0.3, 0.4) is 0 Å². The van der Waals surface area contributed by atoms with Crippen molar-refractivity contribution < 1.29 is 9.32 Å². The normalized spacial score (nSPS) is 12.4. The molecule has 1 N–H and O–H groups in total. The van der Waals surface area contributed by atoms with Gasteiger partial charge in [0.2, 0.25) is 0 Å². The number of aryl methyl sites for hydroxylation is 1. The number of nitrogens with one attached hydrogen (secondary N) is 1. The molecule has 4 rings (SSSR count). The van der Waals surface area contributed by atoms with Crippen molar-refractivity contribution in [1.29, 1.82) is 0 Å². The molecular weight excluding hydrogens is 338 g/mol. The summed E-state index contributed by atoms with van der Waals surface area (Å²) < 4.78 is 8.00. The van der Waals surface area contributed by atoms with Crippen molar-refractivity contribution >= 4 is 27.5 Å². The maximum atomic E-state index is 12.4. The van der Waals surface area contributed by atoms with Crippen LogP contribution in [0.5, 0.6) is 0 Å². The Morgan fingerprint density at radius 2 is 2.20 bits per heavy atom. The van der Waals surface area contributed by atoms with Gasteiger partial charge in [-0.25, -0.2) is 4.98 Å². The zero-order chi connectivity index (χ0) is 17.4. The highest BCUT2D eigenvalue weighted by molar-refractivity contribution is 7.18. The smallest absolute Gasteiger partial charge is 0.274 e. The van der Waals surface area contributed by atoms with Crippen LogP contribution in [-0.2, 0) is 7.05 Å². The highest BCUT2D eigenvalue weighted by atomic mass is 32.1. The van der Waals surface area contributed by atoms with Crippen LogP contribution in [0.25, 0.3) is 21.5 Å². The zero-order valence-corrected chi connectivity index (χ0v) is 14.4. The second kappa shape index (κ2) is 6.14. The van der Waals surface area contributed by atoms with E-state index in [4.69, 9.17) is 4.52 Å². The average Bonchev–Trinajstić information content (AvgIpc) is 3.33. The maximum absolute atomic E-state index is 12.4. The third-order valence-corrected chi connectivity index (χ3v) is 4.98. The molecule has 1 unspecified atom stereocenters. The molecule has 0 saturated carbocycles. The lowest BCUT2D eigenvalue weighted by molar-refractivity contribution is 0.0931. The molecule has 0 spiro atoms. The number of rotatable bonds is 4. The third-order valence-electron chi connectivity index (χ3n) is 3.76. The Labute approximate surface area is 147 Å². The van der Waals surface area contributed by atoms with Crippen LogP contribution >= 0.6 is 11.3 Å². The molecule has 0 radical (unpaired) electrons. The molecule has 25 heavy (non-hydrogen) atoms. The summed E-state index contributed by atoms with van der Waals surface area (Å²) in [7, 11) is 1.81. The quantitative estimate of drug-likeness (QED) is 0.609. The minimum Gasteiger partial charge on any atom is -0.355 e. The summed E-state index contributed by atoms with van der Waals surface area (Å²) in [5, 5.41) is 11.7. The van der Waals surface area contributed by atoms with Crippen molar-refractivity contribution in [3.63, 3.8) is 0 Å². The average molecular weight is 353 g/mol. The summed E-state index contributed by atoms with van der Waals surface area (Å²) >= 11 is 1.57. The first-order valence-corrected chi connectivity index (χ1v) is 8.54. The second-order valence-corrected chi connectivity index (χ2v) is 6.76. The van der Waals surface area contributed by atoms with Crippen LogP contribution in [0.2, 0.25) is 0 Å². The lowest BCUT2D eigenvalue weighted by Gasteiger charge is -2.09. The summed E-state index contributed by atoms with van der Waals surface area (Å²) in [4.78, 5) is 17.0. The molecule has 0 aliphatic carbocycles. The number of nitrogens with zero attached hydrogens (tertiary/aromatic N) is 4. The SMILES string of the molecule is CC(NC(=O)c1cc(-c2cnn(C)c2)on1)c1nc2ccccc2s1. The Balaban J connectivity index is 1.50. The first-order valence-electron chi connectivity index (χ1n) is 7.72. The summed E-state index contributed by atoms with van der Waals surface area (Å²) in [5.41, 5.74) is 1.93. The summed E-state index contributed by atoms with van der Waals surface area (Å²) in [5.74, 6) is 0.205. The number of hydrogen-bond acceptors (Lipinski definition) is 6. The van der Waals surface area contributed by atoms with Gasteiger partial charge in [-0.05, 0) is 19.1 Å². The highest BCUT2D eigenvalue weighted by Gasteiger charge is 2.19. The molecule has 0 fully saturated rings. The fourth-order valence-electron chi connectivity index (χ4n) is 2.47. The van der Waals surface area contributed by atoms with Gasteiger partial charge < -0.3 is 9.84 Å². The van der Waals surface area contributed by atoms with Crippen molar-refractivity contribution in [2.24, 2.45) is 7.05 Å². The maximum Gasteiger partial charge on any atom is 0.274 e. The van der Waals surface area contributed by atoms with Crippen molar-refractivity contribution in [3.05, 3.63) is 53.4 Å². The van der Waals surface area contributed by atoms with E-state index in [1.807, 2.05) is 38.2 Å². The van der Waals surface area contributed by atoms with Crippen LogP contribution in [0, 0.1) is 0 Å². The van der Waals surface area contributed by atoms with E-state index >= 15 is 0 Å². The van der Waals surface area contributed by atoms with E-state index in [9.17, 15) is 4.79 Å². The minimum atomic E-state index is -0.300. The van der Waals surface area contributed by atoms with E-state index in [0.717, 1.165) is 20.8 Å². The van der Waals surface area contributed by atoms with Crippen LogP contribution in [0.15, 0.2) is 47.2 Å². The Morgan fingerprint density at radius 3 is 2.96 bits per heavy atom. The predicted molar refractivity (Wildman–Crippen MR) is 94.2 cm³/mol. The van der Waals surface area contributed by atoms with Crippen LogP contribution in [0.1, 0.15) is 28.5 Å². The number of hydrogen-bond donors (Lipinski definition) is 1. The Hall–Kier alpha value is -3.00. The van der Waals surface area contributed by atoms with Gasteiger partial charge in [0.05, 0.1) is 28.0 Å². The largest absolute Gasteiger partial charge is 0.355 e. The molecule has 0 saturated heterocycles. The minimum absolute atomic E-state index is 0.219. The van der Waals surface area contributed by atoms with Gasteiger partial charge in [0, 0.05) is 19.3 Å². The van der Waals surface area contributed by atoms with Gasteiger partial charge in [-0.2, -0.15) is 5.10 Å². The molecule has 1 amide bonds. The molecule has 7 nitrogen and oxygen atoms in total. The van der Waals surface area contributed by atoms with Gasteiger partial charge in [0.25, 0.3) is 5.91 Å². The topological polar surface area (TPSA) is 85.8 Å². The molecule has 8 heteroatoms. The third kappa shape index (κ3) is 3.03. The number of benzene rings is 1. The number of para-hydroxylation sites is 1. The molecule has 4 aromatic rings. The number of fused-ring (bicyclic) bond motifs is 1. The first kappa shape index (κ1) is 15.5. The van der Waals surface area contributed by atoms with E-state index in [-0.39, 0.29) is 17.6 Å². The molecular formula is C17H15N5O2S. The number of carbonyl (C=O) groups is 1. The fraction of sp³-hybridized carbons (Fsp3) is 0.176. The lowest BCUT2D eigenvalue weighted by atomic mass is 10.2. The van der Waals surface area contributed by atoms with E-state index < -0.39 is 0 Å². The van der Waals surface area contributed by atoms with Gasteiger partial charge in [0.15, 0.2) is 11.5 Å². The number of carbonyl (C=O) groups excluding carboxylic acids is 1. The Kier molecular flexibility index (Phi) is 3.81. The zero-order valence-electron chi connectivity index (χ0n) is 13.6. The first-order chi connectivity index (χ1) is 12.1. The second-order valence-electron chi connectivity index (χ2n) is 5.69. The molecule has 0 aliphatic heterocycles. The van der Waals surface area contributed by atoms with Gasteiger partial charge in [0.1, 0.15) is 5.01 Å². The summed E-state index contributed by atoms with van der Waals surface area (Å²) in [6.45, 7) is 1.90. The van der Waals surface area contributed by atoms with Crippen molar-refractivity contribution in [3.8, 4) is 11.3 Å². The predicted octanol–water partition coefficient (Wildman–Crippen LogP) is 3.18. The standard InChI is InChI=1S/C17H15N5O2S/c1-10(17-20-12-5-3-4-6-15(12)25-17)19-16(23)13-7-14(24-21-13)11-8-18-22(2)9-11/h3-10H,1-2H3,(H,19,23). The van der Waals surface area contributed by atoms with Gasteiger partial charge in [-0.3, -0.25) is 9.48 Å². The molecule has 3 aromatic heterocycles. The van der Waals surface area contributed by atoms with Gasteiger partial charge in [-0.15, -0.1) is 11.3 Å². The summed E-state index contributed by atoms with van der Waals surface area (Å²) in [6, 6.07) is 9.29. The summed E-state index contributed by atoms with van der Waals surface area (Å²) in [6.07, 6.45) is 3.46. The monoisotopic (exact) mass is 353 g/mol. The Bertz CT molecular complexity index is 1020. The molecule has 0 aliphatic rings. The van der Waals surface area contributed by atoms with E-state index in [1.165, 1.54) is 0 Å². The van der Waals surface area contributed by atoms with Crippen molar-refractivity contribution in [2.45, 2.75) is 13.0 Å². The van der Waals surface area contributed by atoms with Crippen molar-refractivity contribution in [2.75, 3.05) is 0 Å². The Morgan fingerprint density at radius 1 is 1.36 bits per heavy atom. The van der Waals surface area contributed by atoms with Gasteiger partial charge in [-0.1, -0.05) is 17.3 Å². The number of amides is 1. The molecule has 3 heterocycles. The number of aromatic nitrogens is 4. The van der Waals surface area contributed by atoms with Crippen LogP contribution in [-0.4, -0.2) is 25.8 Å².